The van der Waals surface area contributed by atoms with Crippen molar-refractivity contribution in [1.82, 2.24) is 15.2 Å². The van der Waals surface area contributed by atoms with E-state index in [1.165, 1.54) is 12.1 Å². The first-order chi connectivity index (χ1) is 13.6. The number of fused-ring (bicyclic) bond motifs is 2. The molecule has 2 aliphatic rings. The molecule has 30 heavy (non-hydrogen) atoms. The van der Waals surface area contributed by atoms with Gasteiger partial charge >= 0.3 is 0 Å². The molecule has 1 aromatic heterocycles. The van der Waals surface area contributed by atoms with E-state index in [2.05, 4.69) is 10.3 Å². The molecule has 3 heterocycles. The molecule has 158 valence electrons. The van der Waals surface area contributed by atoms with Crippen molar-refractivity contribution in [3.63, 3.8) is 0 Å². The SMILES string of the molecule is Cl.Cl.O=C(c1ccc2cnccc2c1O)N1C[C@@H]2CNC[C@@H]2[C@@H]1c1cccc(F)c1. The number of halogens is 3. The molecule has 0 radical (unpaired) electrons. The summed E-state index contributed by atoms with van der Waals surface area (Å²) >= 11 is 0. The highest BCUT2D eigenvalue weighted by atomic mass is 35.5. The van der Waals surface area contributed by atoms with Crippen LogP contribution in [0.1, 0.15) is 22.0 Å². The van der Waals surface area contributed by atoms with Crippen molar-refractivity contribution in [2.75, 3.05) is 19.6 Å². The summed E-state index contributed by atoms with van der Waals surface area (Å²) < 4.78 is 13.9. The minimum atomic E-state index is -0.305. The molecule has 0 unspecified atom stereocenters. The van der Waals surface area contributed by atoms with Crippen molar-refractivity contribution in [2.45, 2.75) is 6.04 Å². The maximum atomic E-state index is 13.9. The Bertz CT molecular complexity index is 1080. The summed E-state index contributed by atoms with van der Waals surface area (Å²) in [6, 6.07) is 11.4. The first kappa shape index (κ1) is 22.3. The summed E-state index contributed by atoms with van der Waals surface area (Å²) in [5.41, 5.74) is 1.07. The molecular formula is C22H22Cl2FN3O2. The predicted octanol–water partition coefficient (Wildman–Crippen LogP) is 3.96. The Morgan fingerprint density at radius 3 is 2.80 bits per heavy atom. The number of phenolic OH excluding ortho intramolecular Hbond substituents is 1. The molecule has 0 spiro atoms. The molecule has 1 amide bonds. The van der Waals surface area contributed by atoms with Gasteiger partial charge in [-0.15, -0.1) is 24.8 Å². The first-order valence-corrected chi connectivity index (χ1v) is 9.46. The van der Waals surface area contributed by atoms with Gasteiger partial charge in [0.25, 0.3) is 5.91 Å². The third-order valence-electron chi connectivity index (χ3n) is 6.04. The molecule has 2 fully saturated rings. The molecule has 2 saturated heterocycles. The lowest BCUT2D eigenvalue weighted by atomic mass is 9.89. The van der Waals surface area contributed by atoms with E-state index in [4.69, 9.17) is 0 Å². The van der Waals surface area contributed by atoms with Crippen LogP contribution in [0.25, 0.3) is 10.8 Å². The van der Waals surface area contributed by atoms with Crippen LogP contribution in [0, 0.1) is 17.7 Å². The fourth-order valence-electron chi connectivity index (χ4n) is 4.73. The Kier molecular flexibility index (Phi) is 6.50. The van der Waals surface area contributed by atoms with E-state index in [-0.39, 0.29) is 59.8 Å². The molecule has 0 saturated carbocycles. The van der Waals surface area contributed by atoms with Gasteiger partial charge in [0.15, 0.2) is 0 Å². The lowest BCUT2D eigenvalue weighted by Gasteiger charge is -2.29. The number of nitrogens with zero attached hydrogens (tertiary/aromatic N) is 2. The summed E-state index contributed by atoms with van der Waals surface area (Å²) in [7, 11) is 0. The lowest BCUT2D eigenvalue weighted by Crippen LogP contribution is -2.34. The van der Waals surface area contributed by atoms with Gasteiger partial charge in [-0.3, -0.25) is 9.78 Å². The quantitative estimate of drug-likeness (QED) is 0.621. The van der Waals surface area contributed by atoms with E-state index < -0.39 is 0 Å². The number of amides is 1. The number of hydrogen-bond donors (Lipinski definition) is 2. The Labute approximate surface area is 186 Å². The zero-order chi connectivity index (χ0) is 19.3. The number of rotatable bonds is 2. The summed E-state index contributed by atoms with van der Waals surface area (Å²) in [4.78, 5) is 19.3. The molecule has 2 aromatic carbocycles. The van der Waals surface area contributed by atoms with Crippen LogP contribution in [0.5, 0.6) is 5.75 Å². The fraction of sp³-hybridized carbons (Fsp3) is 0.273. The Morgan fingerprint density at radius 2 is 2.00 bits per heavy atom. The van der Waals surface area contributed by atoms with Gasteiger partial charge in [0.1, 0.15) is 11.6 Å². The van der Waals surface area contributed by atoms with Gasteiger partial charge in [0, 0.05) is 48.7 Å². The lowest BCUT2D eigenvalue weighted by molar-refractivity contribution is 0.0711. The Morgan fingerprint density at radius 1 is 1.17 bits per heavy atom. The number of likely N-dealkylation sites (tertiary alicyclic amines) is 1. The molecule has 2 aliphatic heterocycles. The van der Waals surface area contributed by atoms with Crippen LogP contribution in [0.4, 0.5) is 4.39 Å². The summed E-state index contributed by atoms with van der Waals surface area (Å²) in [6.45, 7) is 2.23. The smallest absolute Gasteiger partial charge is 0.258 e. The summed E-state index contributed by atoms with van der Waals surface area (Å²) in [5, 5.41) is 15.5. The van der Waals surface area contributed by atoms with Crippen LogP contribution in [-0.2, 0) is 0 Å². The molecule has 0 aliphatic carbocycles. The number of hydrogen-bond acceptors (Lipinski definition) is 4. The van der Waals surface area contributed by atoms with Crippen LogP contribution in [0.2, 0.25) is 0 Å². The van der Waals surface area contributed by atoms with Gasteiger partial charge < -0.3 is 15.3 Å². The number of phenols is 1. The third-order valence-corrected chi connectivity index (χ3v) is 6.04. The summed E-state index contributed by atoms with van der Waals surface area (Å²) in [5.74, 6) is -0.000117. The number of pyridine rings is 1. The highest BCUT2D eigenvalue weighted by molar-refractivity contribution is 6.03. The van der Waals surface area contributed by atoms with E-state index >= 15 is 0 Å². The molecule has 3 atom stereocenters. The minimum Gasteiger partial charge on any atom is -0.506 e. The second-order valence-electron chi connectivity index (χ2n) is 7.60. The van der Waals surface area contributed by atoms with Crippen LogP contribution >= 0.6 is 24.8 Å². The molecule has 0 bridgehead atoms. The maximum Gasteiger partial charge on any atom is 0.258 e. The zero-order valence-corrected chi connectivity index (χ0v) is 17.6. The van der Waals surface area contributed by atoms with E-state index in [1.807, 2.05) is 6.07 Å². The topological polar surface area (TPSA) is 65.5 Å². The van der Waals surface area contributed by atoms with E-state index in [1.54, 1.807) is 41.6 Å². The molecule has 5 rings (SSSR count). The second kappa shape index (κ2) is 8.76. The number of aromatic nitrogens is 1. The first-order valence-electron chi connectivity index (χ1n) is 9.46. The normalized spacial score (nSPS) is 22.3. The van der Waals surface area contributed by atoms with Gasteiger partial charge in [0.2, 0.25) is 0 Å². The largest absolute Gasteiger partial charge is 0.506 e. The Balaban J connectivity index is 0.00000128. The maximum absolute atomic E-state index is 13.9. The van der Waals surface area contributed by atoms with E-state index in [9.17, 15) is 14.3 Å². The molecule has 2 N–H and O–H groups in total. The van der Waals surface area contributed by atoms with Crippen LogP contribution in [-0.4, -0.2) is 40.5 Å². The van der Waals surface area contributed by atoms with Gasteiger partial charge in [-0.25, -0.2) is 4.39 Å². The Hall–Kier alpha value is -2.41. The minimum absolute atomic E-state index is 0. The predicted molar refractivity (Wildman–Crippen MR) is 118 cm³/mol. The van der Waals surface area contributed by atoms with Gasteiger partial charge in [0.05, 0.1) is 11.6 Å². The highest BCUT2D eigenvalue weighted by Crippen LogP contribution is 2.44. The highest BCUT2D eigenvalue weighted by Gasteiger charge is 2.47. The van der Waals surface area contributed by atoms with E-state index in [0.717, 1.165) is 24.0 Å². The van der Waals surface area contributed by atoms with Crippen LogP contribution in [0.15, 0.2) is 54.9 Å². The van der Waals surface area contributed by atoms with Crippen molar-refractivity contribution < 1.29 is 14.3 Å². The molecule has 5 nitrogen and oxygen atoms in total. The monoisotopic (exact) mass is 449 g/mol. The number of nitrogens with one attached hydrogen (secondary N) is 1. The number of carbonyl (C=O) groups is 1. The average Bonchev–Trinajstić information content (AvgIpc) is 3.29. The van der Waals surface area contributed by atoms with Crippen molar-refractivity contribution >= 4 is 41.5 Å². The molecule has 3 aromatic rings. The van der Waals surface area contributed by atoms with Gasteiger partial charge in [-0.05, 0) is 35.7 Å². The van der Waals surface area contributed by atoms with Crippen LogP contribution in [0.3, 0.4) is 0 Å². The zero-order valence-electron chi connectivity index (χ0n) is 16.0. The van der Waals surface area contributed by atoms with E-state index in [0.29, 0.717) is 17.8 Å². The molecular weight excluding hydrogens is 428 g/mol. The number of aromatic hydroxyl groups is 1. The fourth-order valence-corrected chi connectivity index (χ4v) is 4.73. The molecule has 8 heteroatoms. The summed E-state index contributed by atoms with van der Waals surface area (Å²) in [6.07, 6.45) is 3.25. The van der Waals surface area contributed by atoms with Crippen molar-refractivity contribution in [2.24, 2.45) is 11.8 Å². The standard InChI is InChI=1S/C22H20FN3O2.2ClH/c23-16-3-1-2-13(8-16)20-19-11-25-10-15(19)12-26(20)22(28)18-5-4-14-9-24-7-6-17(14)21(18)27;;/h1-9,15,19-20,25,27H,10-12H2;2*1H/t15-,19-,20-;;/m0../s1. The third kappa shape index (κ3) is 3.60. The van der Waals surface area contributed by atoms with Crippen LogP contribution < -0.4 is 5.32 Å². The average molecular weight is 450 g/mol. The van der Waals surface area contributed by atoms with Gasteiger partial charge in [-0.1, -0.05) is 18.2 Å². The van der Waals surface area contributed by atoms with Gasteiger partial charge in [-0.2, -0.15) is 0 Å². The van der Waals surface area contributed by atoms with Crippen molar-refractivity contribution in [3.8, 4) is 5.75 Å². The van der Waals surface area contributed by atoms with Crippen molar-refractivity contribution in [3.05, 3.63) is 71.8 Å². The number of benzene rings is 2. The second-order valence-corrected chi connectivity index (χ2v) is 7.60. The van der Waals surface area contributed by atoms with Crippen molar-refractivity contribution in [1.29, 1.82) is 0 Å². The number of carbonyl (C=O) groups excluding carboxylic acids is 1.